The molecule has 178 valence electrons. The Morgan fingerprint density at radius 2 is 2.15 bits per heavy atom. The van der Waals surface area contributed by atoms with Crippen LogP contribution in [0.3, 0.4) is 0 Å². The molecule has 4 N–H and O–H groups in total. The number of methoxy groups -OCH3 is 1. The molecular weight excluding hydrogens is 444 g/mol. The molecule has 1 saturated heterocycles. The minimum Gasteiger partial charge on any atom is -0.464 e. The second kappa shape index (κ2) is 10.5. The number of ether oxygens (including phenoxy) is 1. The monoisotopic (exact) mass is 474 g/mol. The van der Waals surface area contributed by atoms with Crippen LogP contribution in [0.1, 0.15) is 35.4 Å². The van der Waals surface area contributed by atoms with Crippen molar-refractivity contribution in [2.75, 3.05) is 39.5 Å². The van der Waals surface area contributed by atoms with E-state index in [1.54, 1.807) is 18.0 Å². The minimum atomic E-state index is -0.513. The van der Waals surface area contributed by atoms with E-state index < -0.39 is 5.97 Å². The van der Waals surface area contributed by atoms with E-state index in [-0.39, 0.29) is 35.8 Å². The fraction of sp³-hybridized carbons (Fsp3) is 0.571. The van der Waals surface area contributed by atoms with Crippen LogP contribution in [0, 0.1) is 5.92 Å². The SMILES string of the molecule is CCNC(=O)NC1CC(C2=NC(C3=CN(C)NC3)CS2)C(c2cnc(C(=O)OC)cn2)CN1. The first-order valence-electron chi connectivity index (χ1n) is 11.0. The van der Waals surface area contributed by atoms with Crippen LogP contribution in [0.5, 0.6) is 0 Å². The summed E-state index contributed by atoms with van der Waals surface area (Å²) in [6.45, 7) is 3.85. The molecule has 0 saturated carbocycles. The number of hydrazine groups is 1. The molecule has 0 spiro atoms. The summed E-state index contributed by atoms with van der Waals surface area (Å²) in [5, 5.41) is 12.2. The molecule has 11 nitrogen and oxygen atoms in total. The summed E-state index contributed by atoms with van der Waals surface area (Å²) < 4.78 is 4.73. The summed E-state index contributed by atoms with van der Waals surface area (Å²) in [5.41, 5.74) is 5.50. The van der Waals surface area contributed by atoms with Crippen LogP contribution in [0.4, 0.5) is 4.79 Å². The molecule has 0 bridgehead atoms. The summed E-state index contributed by atoms with van der Waals surface area (Å²) in [4.78, 5) is 37.7. The summed E-state index contributed by atoms with van der Waals surface area (Å²) in [6.07, 6.45) is 5.70. The topological polar surface area (TPSA) is 133 Å². The van der Waals surface area contributed by atoms with Crippen LogP contribution in [0.25, 0.3) is 0 Å². The highest BCUT2D eigenvalue weighted by Gasteiger charge is 2.39. The average Bonchev–Trinajstić information content (AvgIpc) is 3.48. The van der Waals surface area contributed by atoms with Gasteiger partial charge in [0.1, 0.15) is 0 Å². The lowest BCUT2D eigenvalue weighted by atomic mass is 9.83. The van der Waals surface area contributed by atoms with Crippen LogP contribution in [-0.2, 0) is 4.74 Å². The van der Waals surface area contributed by atoms with Crippen molar-refractivity contribution in [1.29, 1.82) is 0 Å². The molecule has 4 heterocycles. The Morgan fingerprint density at radius 1 is 1.30 bits per heavy atom. The number of hydrogen-bond donors (Lipinski definition) is 4. The number of rotatable bonds is 6. The van der Waals surface area contributed by atoms with Gasteiger partial charge in [-0.2, -0.15) is 0 Å². The van der Waals surface area contributed by atoms with Crippen molar-refractivity contribution < 1.29 is 14.3 Å². The first kappa shape index (κ1) is 23.5. The van der Waals surface area contributed by atoms with Crippen LogP contribution in [0.2, 0.25) is 0 Å². The van der Waals surface area contributed by atoms with Crippen LogP contribution < -0.4 is 21.4 Å². The zero-order valence-corrected chi connectivity index (χ0v) is 19.8. The third kappa shape index (κ3) is 5.45. The number of aliphatic imine (C=N–C) groups is 1. The van der Waals surface area contributed by atoms with Gasteiger partial charge in [-0.15, -0.1) is 11.8 Å². The van der Waals surface area contributed by atoms with E-state index in [1.807, 2.05) is 19.0 Å². The molecule has 0 radical (unpaired) electrons. The Bertz CT molecular complexity index is 938. The van der Waals surface area contributed by atoms with Gasteiger partial charge >= 0.3 is 12.0 Å². The van der Waals surface area contributed by atoms with E-state index in [2.05, 4.69) is 37.5 Å². The van der Waals surface area contributed by atoms with Crippen molar-refractivity contribution in [1.82, 2.24) is 36.4 Å². The van der Waals surface area contributed by atoms with Gasteiger partial charge in [-0.25, -0.2) is 20.0 Å². The number of carbonyl (C=O) groups excluding carboxylic acids is 2. The van der Waals surface area contributed by atoms with Gasteiger partial charge in [0.2, 0.25) is 0 Å². The van der Waals surface area contributed by atoms with E-state index in [0.29, 0.717) is 19.5 Å². The molecule has 3 aliphatic heterocycles. The minimum absolute atomic E-state index is 0.0137. The van der Waals surface area contributed by atoms with E-state index >= 15 is 0 Å². The maximum Gasteiger partial charge on any atom is 0.358 e. The number of hydrogen-bond acceptors (Lipinski definition) is 10. The molecular formula is C21H30N8O3S. The van der Waals surface area contributed by atoms with Crippen molar-refractivity contribution in [2.45, 2.75) is 31.5 Å². The molecule has 4 unspecified atom stereocenters. The lowest BCUT2D eigenvalue weighted by molar-refractivity contribution is 0.0593. The number of urea groups is 1. The van der Waals surface area contributed by atoms with E-state index in [0.717, 1.165) is 23.0 Å². The van der Waals surface area contributed by atoms with Gasteiger partial charge in [0.05, 0.1) is 36.3 Å². The predicted octanol–water partition coefficient (Wildman–Crippen LogP) is 0.449. The van der Waals surface area contributed by atoms with Gasteiger partial charge < -0.3 is 20.4 Å². The molecule has 0 aliphatic carbocycles. The number of esters is 1. The number of nitrogens with one attached hydrogen (secondary N) is 4. The van der Waals surface area contributed by atoms with Gasteiger partial charge in [0.15, 0.2) is 5.69 Å². The highest BCUT2D eigenvalue weighted by Crippen LogP contribution is 2.38. The summed E-state index contributed by atoms with van der Waals surface area (Å²) in [6, 6.07) is -0.0564. The third-order valence-corrected chi connectivity index (χ3v) is 7.14. The maximum absolute atomic E-state index is 12.1. The van der Waals surface area contributed by atoms with Crippen molar-refractivity contribution >= 4 is 28.8 Å². The Hall–Kier alpha value is -2.70. The smallest absolute Gasteiger partial charge is 0.358 e. The number of nitrogens with zero attached hydrogens (tertiary/aromatic N) is 4. The number of thioether (sulfide) groups is 1. The van der Waals surface area contributed by atoms with E-state index in [9.17, 15) is 9.59 Å². The largest absolute Gasteiger partial charge is 0.464 e. The van der Waals surface area contributed by atoms with Gasteiger partial charge in [-0.3, -0.25) is 15.3 Å². The standard InChI is InChI=1S/C21H30N8O3S/c1-4-22-21(31)28-18-5-13(19-27-17(11-33-19)12-6-26-29(2)10-12)14(7-25-18)15-8-24-16(9-23-15)20(30)32-3/h8-10,13-14,17-18,25-26H,4-7,11H2,1-3H3,(H2,22,28,31). The molecule has 1 aromatic rings. The molecule has 33 heavy (non-hydrogen) atoms. The highest BCUT2D eigenvalue weighted by atomic mass is 32.2. The Labute approximate surface area is 197 Å². The van der Waals surface area contributed by atoms with Gasteiger partial charge in [0, 0.05) is 56.7 Å². The van der Waals surface area contributed by atoms with E-state index in [1.165, 1.54) is 18.9 Å². The molecule has 3 aliphatic rings. The van der Waals surface area contributed by atoms with E-state index in [4.69, 9.17) is 9.73 Å². The van der Waals surface area contributed by atoms with Crippen molar-refractivity contribution in [3.63, 3.8) is 0 Å². The zero-order chi connectivity index (χ0) is 23.4. The van der Waals surface area contributed by atoms with Crippen LogP contribution in [-0.4, -0.2) is 83.8 Å². The van der Waals surface area contributed by atoms with Crippen LogP contribution >= 0.6 is 11.8 Å². The molecule has 12 heteroatoms. The quantitative estimate of drug-likeness (QED) is 0.434. The second-order valence-electron chi connectivity index (χ2n) is 8.18. The fourth-order valence-electron chi connectivity index (χ4n) is 4.26. The Kier molecular flexibility index (Phi) is 7.46. The molecule has 1 fully saturated rings. The van der Waals surface area contributed by atoms with Crippen LogP contribution in [0.15, 0.2) is 29.2 Å². The number of carbonyl (C=O) groups is 2. The Morgan fingerprint density at radius 3 is 2.82 bits per heavy atom. The molecule has 0 aromatic carbocycles. The van der Waals surface area contributed by atoms with Gasteiger partial charge in [-0.1, -0.05) is 0 Å². The molecule has 4 atom stereocenters. The molecule has 1 aromatic heterocycles. The lowest BCUT2D eigenvalue weighted by Gasteiger charge is -2.36. The van der Waals surface area contributed by atoms with Crippen molar-refractivity contribution in [2.24, 2.45) is 10.9 Å². The first-order chi connectivity index (χ1) is 16.0. The normalized spacial score (nSPS) is 27.1. The highest BCUT2D eigenvalue weighted by molar-refractivity contribution is 8.14. The predicted molar refractivity (Wildman–Crippen MR) is 126 cm³/mol. The first-order valence-corrected chi connectivity index (χ1v) is 12.0. The molecule has 4 rings (SSSR count). The number of aromatic nitrogens is 2. The number of piperidine rings is 1. The Balaban J connectivity index is 1.55. The lowest BCUT2D eigenvalue weighted by Crippen LogP contribution is -2.55. The zero-order valence-electron chi connectivity index (χ0n) is 19.0. The summed E-state index contributed by atoms with van der Waals surface area (Å²) in [7, 11) is 3.30. The fourth-order valence-corrected chi connectivity index (χ4v) is 5.55. The van der Waals surface area contributed by atoms with Gasteiger partial charge in [0.25, 0.3) is 0 Å². The maximum atomic E-state index is 12.1. The van der Waals surface area contributed by atoms with Crippen molar-refractivity contribution in [3.05, 3.63) is 35.6 Å². The van der Waals surface area contributed by atoms with Crippen molar-refractivity contribution in [3.8, 4) is 0 Å². The molecule has 2 amide bonds. The number of amides is 2. The second-order valence-corrected chi connectivity index (χ2v) is 9.22. The van der Waals surface area contributed by atoms with Gasteiger partial charge in [-0.05, 0) is 18.9 Å². The summed E-state index contributed by atoms with van der Waals surface area (Å²) >= 11 is 1.77. The third-order valence-electron chi connectivity index (χ3n) is 5.96. The average molecular weight is 475 g/mol. The summed E-state index contributed by atoms with van der Waals surface area (Å²) in [5.74, 6) is 0.467.